The number of hydrogen-bond acceptors (Lipinski definition) is 2. The molecular formula is C16H32O2. The largest absolute Gasteiger partial charge is 0.353 e. The monoisotopic (exact) mass is 256 g/mol. The molecule has 0 heterocycles. The summed E-state index contributed by atoms with van der Waals surface area (Å²) in [4.78, 5) is 0. The molecule has 2 heteroatoms. The van der Waals surface area contributed by atoms with Gasteiger partial charge in [-0.05, 0) is 26.7 Å². The van der Waals surface area contributed by atoms with Gasteiger partial charge in [-0.1, -0.05) is 57.8 Å². The lowest BCUT2D eigenvalue weighted by Gasteiger charge is -2.23. The molecule has 0 saturated heterocycles. The van der Waals surface area contributed by atoms with Crippen LogP contribution in [-0.4, -0.2) is 19.0 Å². The van der Waals surface area contributed by atoms with Crippen LogP contribution in [0.25, 0.3) is 0 Å². The van der Waals surface area contributed by atoms with Crippen molar-refractivity contribution >= 4 is 0 Å². The van der Waals surface area contributed by atoms with Crippen molar-refractivity contribution in [3.8, 4) is 0 Å². The topological polar surface area (TPSA) is 18.5 Å². The van der Waals surface area contributed by atoms with E-state index in [1.807, 2.05) is 13.8 Å². The summed E-state index contributed by atoms with van der Waals surface area (Å²) in [6, 6.07) is 0. The number of rotatable bonds is 4. The van der Waals surface area contributed by atoms with Gasteiger partial charge in [0.25, 0.3) is 0 Å². The lowest BCUT2D eigenvalue weighted by atomic mass is 9.99. The van der Waals surface area contributed by atoms with Gasteiger partial charge >= 0.3 is 0 Å². The molecule has 0 aromatic heterocycles. The number of hydrogen-bond donors (Lipinski definition) is 0. The summed E-state index contributed by atoms with van der Waals surface area (Å²) < 4.78 is 11.5. The molecule has 0 N–H and O–H groups in total. The maximum atomic E-state index is 6.01. The molecule has 18 heavy (non-hydrogen) atoms. The molecule has 0 spiro atoms. The van der Waals surface area contributed by atoms with Crippen molar-refractivity contribution in [3.63, 3.8) is 0 Å². The van der Waals surface area contributed by atoms with E-state index in [0.717, 1.165) is 6.61 Å². The molecule has 1 atom stereocenters. The maximum absolute atomic E-state index is 6.01. The minimum absolute atomic E-state index is 0.0343. The molecule has 0 bridgehead atoms. The lowest BCUT2D eigenvalue weighted by molar-refractivity contribution is -0.160. The highest BCUT2D eigenvalue weighted by atomic mass is 16.7. The lowest BCUT2D eigenvalue weighted by Crippen LogP contribution is -2.22. The van der Waals surface area contributed by atoms with E-state index in [1.165, 1.54) is 70.6 Å². The molecule has 0 amide bonds. The SMILES string of the molecule is CCO[C@@H](C)OC1CCCCCCCCCCC1. The van der Waals surface area contributed by atoms with E-state index in [9.17, 15) is 0 Å². The fourth-order valence-corrected chi connectivity index (χ4v) is 2.81. The minimum atomic E-state index is -0.0343. The summed E-state index contributed by atoms with van der Waals surface area (Å²) in [6.45, 7) is 4.80. The van der Waals surface area contributed by atoms with Crippen molar-refractivity contribution in [2.75, 3.05) is 6.61 Å². The third kappa shape index (κ3) is 8.10. The van der Waals surface area contributed by atoms with Gasteiger partial charge in [0.1, 0.15) is 0 Å². The van der Waals surface area contributed by atoms with Gasteiger partial charge in [-0.25, -0.2) is 0 Å². The predicted octanol–water partition coefficient (Wildman–Crippen LogP) is 5.06. The normalized spacial score (nSPS) is 23.0. The van der Waals surface area contributed by atoms with E-state index >= 15 is 0 Å². The summed E-state index contributed by atoms with van der Waals surface area (Å²) >= 11 is 0. The first kappa shape index (κ1) is 16.0. The molecule has 0 radical (unpaired) electrons. The van der Waals surface area contributed by atoms with Crippen LogP contribution in [0.3, 0.4) is 0 Å². The van der Waals surface area contributed by atoms with Gasteiger partial charge in [-0.2, -0.15) is 0 Å². The van der Waals surface area contributed by atoms with Crippen molar-refractivity contribution in [2.24, 2.45) is 0 Å². The molecule has 2 nitrogen and oxygen atoms in total. The van der Waals surface area contributed by atoms with Gasteiger partial charge in [0.05, 0.1) is 6.10 Å². The minimum Gasteiger partial charge on any atom is -0.353 e. The van der Waals surface area contributed by atoms with Crippen LogP contribution in [0.2, 0.25) is 0 Å². The molecule has 0 aliphatic heterocycles. The van der Waals surface area contributed by atoms with E-state index in [0.29, 0.717) is 6.10 Å². The fourth-order valence-electron chi connectivity index (χ4n) is 2.81. The van der Waals surface area contributed by atoms with Gasteiger partial charge in [0.2, 0.25) is 0 Å². The Morgan fingerprint density at radius 1 is 0.833 bits per heavy atom. The van der Waals surface area contributed by atoms with E-state index in [4.69, 9.17) is 9.47 Å². The van der Waals surface area contributed by atoms with Crippen molar-refractivity contribution in [1.29, 1.82) is 0 Å². The first-order valence-electron chi connectivity index (χ1n) is 8.10. The van der Waals surface area contributed by atoms with Crippen molar-refractivity contribution in [3.05, 3.63) is 0 Å². The Hall–Kier alpha value is -0.0800. The second-order valence-electron chi connectivity index (χ2n) is 5.54. The van der Waals surface area contributed by atoms with Crippen molar-refractivity contribution in [1.82, 2.24) is 0 Å². The summed E-state index contributed by atoms with van der Waals surface area (Å²) in [5.41, 5.74) is 0. The van der Waals surface area contributed by atoms with E-state index in [2.05, 4.69) is 0 Å². The molecule has 1 fully saturated rings. The van der Waals surface area contributed by atoms with Crippen LogP contribution in [0.4, 0.5) is 0 Å². The Morgan fingerprint density at radius 3 is 1.72 bits per heavy atom. The van der Waals surface area contributed by atoms with Gasteiger partial charge < -0.3 is 9.47 Å². The van der Waals surface area contributed by atoms with Crippen LogP contribution in [0, 0.1) is 0 Å². The maximum Gasteiger partial charge on any atom is 0.155 e. The molecule has 0 aromatic carbocycles. The van der Waals surface area contributed by atoms with Crippen molar-refractivity contribution < 1.29 is 9.47 Å². The van der Waals surface area contributed by atoms with Gasteiger partial charge in [0.15, 0.2) is 6.29 Å². The molecule has 1 aliphatic rings. The molecule has 0 unspecified atom stereocenters. The summed E-state index contributed by atoms with van der Waals surface area (Å²) in [5.74, 6) is 0. The summed E-state index contributed by atoms with van der Waals surface area (Å²) in [6.07, 6.45) is 15.4. The van der Waals surface area contributed by atoms with Crippen LogP contribution in [-0.2, 0) is 9.47 Å². The first-order valence-corrected chi connectivity index (χ1v) is 8.10. The Balaban J connectivity index is 2.27. The second-order valence-corrected chi connectivity index (χ2v) is 5.54. The van der Waals surface area contributed by atoms with E-state index in [1.54, 1.807) is 0 Å². The van der Waals surface area contributed by atoms with Crippen LogP contribution in [0.1, 0.15) is 84.5 Å². The quantitative estimate of drug-likeness (QED) is 0.655. The van der Waals surface area contributed by atoms with E-state index < -0.39 is 0 Å². The van der Waals surface area contributed by atoms with Crippen molar-refractivity contribution in [2.45, 2.75) is 96.9 Å². The zero-order chi connectivity index (χ0) is 13.1. The average molecular weight is 256 g/mol. The fraction of sp³-hybridized carbons (Fsp3) is 1.00. The smallest absolute Gasteiger partial charge is 0.155 e. The van der Waals surface area contributed by atoms with Gasteiger partial charge in [0, 0.05) is 6.61 Å². The summed E-state index contributed by atoms with van der Waals surface area (Å²) in [5, 5.41) is 0. The standard InChI is InChI=1S/C16H32O2/c1-3-17-15(2)18-16-13-11-9-7-5-4-6-8-10-12-14-16/h15-16H,3-14H2,1-2H3/t15-/m1/s1. The highest BCUT2D eigenvalue weighted by Gasteiger charge is 2.13. The first-order chi connectivity index (χ1) is 8.83. The molecule has 1 rings (SSSR count). The third-order valence-corrected chi connectivity index (χ3v) is 3.84. The van der Waals surface area contributed by atoms with Crippen LogP contribution in [0.5, 0.6) is 0 Å². The summed E-state index contributed by atoms with van der Waals surface area (Å²) in [7, 11) is 0. The third-order valence-electron chi connectivity index (χ3n) is 3.84. The Morgan fingerprint density at radius 2 is 1.28 bits per heavy atom. The molecule has 1 saturated carbocycles. The zero-order valence-electron chi connectivity index (χ0n) is 12.5. The molecule has 1 aliphatic carbocycles. The van der Waals surface area contributed by atoms with Crippen LogP contribution < -0.4 is 0 Å². The molecule has 0 aromatic rings. The highest BCUT2D eigenvalue weighted by molar-refractivity contribution is 4.62. The molecule has 108 valence electrons. The zero-order valence-corrected chi connectivity index (χ0v) is 12.5. The van der Waals surface area contributed by atoms with Gasteiger partial charge in [-0.3, -0.25) is 0 Å². The molecular weight excluding hydrogens is 224 g/mol. The van der Waals surface area contributed by atoms with E-state index in [-0.39, 0.29) is 6.29 Å². The highest BCUT2D eigenvalue weighted by Crippen LogP contribution is 2.19. The van der Waals surface area contributed by atoms with Crippen LogP contribution >= 0.6 is 0 Å². The second kappa shape index (κ2) is 10.8. The Kier molecular flexibility index (Phi) is 9.59. The Labute approximate surface area is 113 Å². The number of ether oxygens (including phenoxy) is 2. The Bertz CT molecular complexity index is 170. The average Bonchev–Trinajstić information content (AvgIpc) is 2.33. The van der Waals surface area contributed by atoms with Gasteiger partial charge in [-0.15, -0.1) is 0 Å². The predicted molar refractivity (Wildman–Crippen MR) is 76.7 cm³/mol. The van der Waals surface area contributed by atoms with Crippen LogP contribution in [0.15, 0.2) is 0 Å².